The number of carboxylic acids is 1. The molecule has 1 amide bonds. The van der Waals surface area contributed by atoms with Gasteiger partial charge in [-0.3, -0.25) is 4.79 Å². The second-order valence-electron chi connectivity index (χ2n) is 4.37. The van der Waals surface area contributed by atoms with Gasteiger partial charge in [-0.25, -0.2) is 4.79 Å². The molecule has 0 heterocycles. The molecule has 108 valence electrons. The fraction of sp³-hybridized carbons (Fsp3) is 0.0667. The van der Waals surface area contributed by atoms with Gasteiger partial charge in [-0.15, -0.1) is 0 Å². The van der Waals surface area contributed by atoms with Crippen LogP contribution in [0.2, 0.25) is 0 Å². The van der Waals surface area contributed by atoms with Crippen LogP contribution in [0.15, 0.2) is 52.3 Å². The van der Waals surface area contributed by atoms with Gasteiger partial charge in [0.05, 0.1) is 5.56 Å². The third-order valence-corrected chi connectivity index (χ3v) is 3.74. The molecule has 2 aromatic carbocycles. The summed E-state index contributed by atoms with van der Waals surface area (Å²) in [6, 6.07) is 11.8. The number of carbonyl (C=O) groups is 2. The van der Waals surface area contributed by atoms with Gasteiger partial charge in [0, 0.05) is 28.1 Å². The van der Waals surface area contributed by atoms with Crippen molar-refractivity contribution in [1.82, 2.24) is 0 Å². The lowest BCUT2D eigenvalue weighted by Gasteiger charge is -2.08. The van der Waals surface area contributed by atoms with E-state index >= 15 is 0 Å². The van der Waals surface area contributed by atoms with Gasteiger partial charge in [0.2, 0.25) is 5.91 Å². The number of hydrogen-bond acceptors (Lipinski definition) is 4. The van der Waals surface area contributed by atoms with Crippen molar-refractivity contribution in [2.24, 2.45) is 0 Å². The molecule has 0 aromatic heterocycles. The van der Waals surface area contributed by atoms with Gasteiger partial charge in [-0.1, -0.05) is 11.8 Å². The molecule has 0 atom stereocenters. The largest absolute Gasteiger partial charge is 0.478 e. The number of nitrogen functional groups attached to an aromatic ring is 1. The molecule has 0 aliphatic rings. The number of anilines is 2. The number of carbonyl (C=O) groups excluding carboxylic acids is 1. The summed E-state index contributed by atoms with van der Waals surface area (Å²) in [6.45, 7) is 1.45. The first-order valence-electron chi connectivity index (χ1n) is 6.14. The van der Waals surface area contributed by atoms with Gasteiger partial charge in [0.1, 0.15) is 0 Å². The van der Waals surface area contributed by atoms with Crippen molar-refractivity contribution in [2.75, 3.05) is 11.1 Å². The van der Waals surface area contributed by atoms with Crippen LogP contribution in [0.4, 0.5) is 11.4 Å². The molecule has 2 aromatic rings. The summed E-state index contributed by atoms with van der Waals surface area (Å²) in [5.74, 6) is -1.12. The van der Waals surface area contributed by atoms with Crippen LogP contribution in [-0.2, 0) is 4.79 Å². The van der Waals surface area contributed by atoms with Crippen LogP contribution in [0.25, 0.3) is 0 Å². The number of nitrogens with one attached hydrogen (secondary N) is 1. The zero-order chi connectivity index (χ0) is 15.4. The molecular formula is C15H14N2O3S. The van der Waals surface area contributed by atoms with Crippen molar-refractivity contribution in [3.8, 4) is 0 Å². The first-order chi connectivity index (χ1) is 9.95. The first kappa shape index (κ1) is 14.9. The van der Waals surface area contributed by atoms with Gasteiger partial charge < -0.3 is 16.2 Å². The van der Waals surface area contributed by atoms with E-state index in [4.69, 9.17) is 10.8 Å². The van der Waals surface area contributed by atoms with Crippen molar-refractivity contribution in [3.05, 3.63) is 48.0 Å². The number of aromatic carboxylic acids is 1. The molecule has 0 radical (unpaired) electrons. The number of nitrogens with two attached hydrogens (primary N) is 1. The van der Waals surface area contributed by atoms with Crippen molar-refractivity contribution >= 4 is 35.0 Å². The molecule has 0 unspecified atom stereocenters. The van der Waals surface area contributed by atoms with Crippen LogP contribution in [-0.4, -0.2) is 17.0 Å². The molecule has 0 saturated heterocycles. The minimum absolute atomic E-state index is 0.131. The zero-order valence-corrected chi connectivity index (χ0v) is 12.1. The highest BCUT2D eigenvalue weighted by Gasteiger charge is 2.08. The Morgan fingerprint density at radius 2 is 1.81 bits per heavy atom. The monoisotopic (exact) mass is 302 g/mol. The van der Waals surface area contributed by atoms with E-state index < -0.39 is 5.97 Å². The SMILES string of the molecule is CC(=O)Nc1ccc(Sc2cc(C(=O)O)ccc2N)cc1. The normalized spacial score (nSPS) is 10.1. The maximum absolute atomic E-state index is 11.0. The molecule has 21 heavy (non-hydrogen) atoms. The predicted molar refractivity (Wildman–Crippen MR) is 82.7 cm³/mol. The van der Waals surface area contributed by atoms with E-state index in [1.807, 2.05) is 12.1 Å². The Balaban J connectivity index is 2.19. The minimum atomic E-state index is -0.988. The van der Waals surface area contributed by atoms with Gasteiger partial charge in [0.15, 0.2) is 0 Å². The van der Waals surface area contributed by atoms with Crippen LogP contribution in [0, 0.1) is 0 Å². The maximum Gasteiger partial charge on any atom is 0.335 e. The fourth-order valence-corrected chi connectivity index (χ4v) is 2.59. The number of benzene rings is 2. The Kier molecular flexibility index (Phi) is 4.49. The summed E-state index contributed by atoms with van der Waals surface area (Å²) in [7, 11) is 0. The smallest absolute Gasteiger partial charge is 0.335 e. The molecule has 2 rings (SSSR count). The van der Waals surface area contributed by atoms with E-state index in [0.29, 0.717) is 16.3 Å². The highest BCUT2D eigenvalue weighted by molar-refractivity contribution is 7.99. The van der Waals surface area contributed by atoms with Crippen LogP contribution in [0.5, 0.6) is 0 Å². The third-order valence-electron chi connectivity index (χ3n) is 2.66. The van der Waals surface area contributed by atoms with E-state index in [9.17, 15) is 9.59 Å². The van der Waals surface area contributed by atoms with E-state index in [1.54, 1.807) is 24.3 Å². The topological polar surface area (TPSA) is 92.4 Å². The highest BCUT2D eigenvalue weighted by atomic mass is 32.2. The molecule has 0 aliphatic heterocycles. The molecule has 6 heteroatoms. The number of rotatable bonds is 4. The third kappa shape index (κ3) is 4.00. The summed E-state index contributed by atoms with van der Waals surface area (Å²) in [5, 5.41) is 11.7. The Morgan fingerprint density at radius 3 is 2.38 bits per heavy atom. The molecule has 0 aliphatic carbocycles. The predicted octanol–water partition coefficient (Wildman–Crippen LogP) is 3.08. The van der Waals surface area contributed by atoms with E-state index in [2.05, 4.69) is 5.32 Å². The Labute approximate surface area is 126 Å². The van der Waals surface area contributed by atoms with Crippen molar-refractivity contribution in [2.45, 2.75) is 16.7 Å². The van der Waals surface area contributed by atoms with Gasteiger partial charge >= 0.3 is 5.97 Å². The van der Waals surface area contributed by atoms with Crippen molar-refractivity contribution < 1.29 is 14.7 Å². The average molecular weight is 302 g/mol. The zero-order valence-electron chi connectivity index (χ0n) is 11.3. The summed E-state index contributed by atoms with van der Waals surface area (Å²) in [6.07, 6.45) is 0. The number of amides is 1. The summed E-state index contributed by atoms with van der Waals surface area (Å²) in [5.41, 5.74) is 7.29. The Morgan fingerprint density at radius 1 is 1.14 bits per heavy atom. The molecular weight excluding hydrogens is 288 g/mol. The van der Waals surface area contributed by atoms with Gasteiger partial charge in [0.25, 0.3) is 0 Å². The van der Waals surface area contributed by atoms with Crippen molar-refractivity contribution in [3.63, 3.8) is 0 Å². The van der Waals surface area contributed by atoms with E-state index in [0.717, 1.165) is 4.90 Å². The lowest BCUT2D eigenvalue weighted by Crippen LogP contribution is -2.05. The molecule has 0 saturated carbocycles. The first-order valence-corrected chi connectivity index (χ1v) is 6.95. The van der Waals surface area contributed by atoms with Gasteiger partial charge in [-0.2, -0.15) is 0 Å². The average Bonchev–Trinajstić information content (AvgIpc) is 2.42. The molecule has 4 N–H and O–H groups in total. The maximum atomic E-state index is 11.0. The van der Waals surface area contributed by atoms with Crippen LogP contribution < -0.4 is 11.1 Å². The summed E-state index contributed by atoms with van der Waals surface area (Å²) < 4.78 is 0. The second-order valence-corrected chi connectivity index (χ2v) is 5.48. The molecule has 5 nitrogen and oxygen atoms in total. The summed E-state index contributed by atoms with van der Waals surface area (Å²) >= 11 is 1.37. The summed E-state index contributed by atoms with van der Waals surface area (Å²) in [4.78, 5) is 23.5. The van der Waals surface area contributed by atoms with Crippen molar-refractivity contribution in [1.29, 1.82) is 0 Å². The van der Waals surface area contributed by atoms with E-state index in [-0.39, 0.29) is 11.5 Å². The van der Waals surface area contributed by atoms with Crippen LogP contribution >= 0.6 is 11.8 Å². The van der Waals surface area contributed by atoms with Gasteiger partial charge in [-0.05, 0) is 42.5 Å². The minimum Gasteiger partial charge on any atom is -0.478 e. The quantitative estimate of drug-likeness (QED) is 0.755. The van der Waals surface area contributed by atoms with Crippen LogP contribution in [0.3, 0.4) is 0 Å². The highest BCUT2D eigenvalue weighted by Crippen LogP contribution is 2.33. The fourth-order valence-electron chi connectivity index (χ4n) is 1.69. The Bertz CT molecular complexity index is 684. The van der Waals surface area contributed by atoms with E-state index in [1.165, 1.54) is 24.8 Å². The van der Waals surface area contributed by atoms with Crippen LogP contribution in [0.1, 0.15) is 17.3 Å². The second kappa shape index (κ2) is 6.32. The number of hydrogen-bond donors (Lipinski definition) is 3. The molecule has 0 bridgehead atoms. The number of carboxylic acid groups (broad SMARTS) is 1. The lowest BCUT2D eigenvalue weighted by molar-refractivity contribution is -0.114. The Hall–Kier alpha value is -2.47. The lowest BCUT2D eigenvalue weighted by atomic mass is 10.2. The molecule has 0 spiro atoms. The molecule has 0 fully saturated rings. The standard InChI is InChI=1S/C15H14N2O3S/c1-9(18)17-11-3-5-12(6-4-11)21-14-8-10(15(19)20)2-7-13(14)16/h2-8H,16H2,1H3,(H,17,18)(H,19,20).